The Kier molecular flexibility index (Phi) is 6.15. The zero-order valence-corrected chi connectivity index (χ0v) is 20.0. The van der Waals surface area contributed by atoms with E-state index in [0.717, 1.165) is 49.2 Å². The third-order valence-corrected chi connectivity index (χ3v) is 8.38. The molecule has 162 valence electrons. The van der Waals surface area contributed by atoms with Crippen LogP contribution in [0.4, 0.5) is 0 Å². The topological polar surface area (TPSA) is 56.0 Å². The Morgan fingerprint density at radius 3 is 2.69 bits per heavy atom. The molecule has 0 spiro atoms. The molecule has 1 aliphatic carbocycles. The van der Waals surface area contributed by atoms with E-state index in [1.165, 1.54) is 5.56 Å². The van der Waals surface area contributed by atoms with Gasteiger partial charge in [-0.15, -0.1) is 0 Å². The number of ether oxygens (including phenoxy) is 1. The first-order valence-electron chi connectivity index (χ1n) is 11.0. The van der Waals surface area contributed by atoms with E-state index in [0.29, 0.717) is 6.61 Å². The van der Waals surface area contributed by atoms with Gasteiger partial charge in [0.05, 0.1) is 12.0 Å². The summed E-state index contributed by atoms with van der Waals surface area (Å²) in [6.45, 7) is 16.6. The van der Waals surface area contributed by atoms with E-state index < -0.39 is 5.41 Å². The van der Waals surface area contributed by atoms with Crippen LogP contribution in [0.5, 0.6) is 0 Å². The Morgan fingerprint density at radius 1 is 1.38 bits per heavy atom. The van der Waals surface area contributed by atoms with Crippen molar-refractivity contribution in [1.82, 2.24) is 3.96 Å². The molecule has 5 nitrogen and oxygen atoms in total. The summed E-state index contributed by atoms with van der Waals surface area (Å²) in [4.78, 5) is 22.8. The Balaban J connectivity index is 1.96. The lowest BCUT2D eigenvalue weighted by molar-refractivity contribution is -0.132. The summed E-state index contributed by atoms with van der Waals surface area (Å²) in [6.07, 6.45) is 7.16. The van der Waals surface area contributed by atoms with Crippen molar-refractivity contribution in [2.75, 3.05) is 13.2 Å². The van der Waals surface area contributed by atoms with Crippen molar-refractivity contribution in [2.24, 2.45) is 26.7 Å². The molecule has 1 aliphatic heterocycles. The number of aliphatic imine (C=N–C) groups is 1. The van der Waals surface area contributed by atoms with E-state index in [1.54, 1.807) is 11.5 Å². The number of aryl methyl sites for hydroxylation is 1. The van der Waals surface area contributed by atoms with Gasteiger partial charge in [-0.3, -0.25) is 13.7 Å². The van der Waals surface area contributed by atoms with Gasteiger partial charge >= 0.3 is 0 Å². The lowest BCUT2D eigenvalue weighted by Gasteiger charge is -2.38. The second-order valence-electron chi connectivity index (χ2n) is 10.3. The molecular formula is C23H37N3O2S. The molecule has 0 N–H and O–H groups in total. The fourth-order valence-electron chi connectivity index (χ4n) is 4.43. The normalized spacial score (nSPS) is 27.2. The van der Waals surface area contributed by atoms with Gasteiger partial charge in [0, 0.05) is 23.2 Å². The third kappa shape index (κ3) is 4.10. The van der Waals surface area contributed by atoms with Crippen molar-refractivity contribution in [2.45, 2.75) is 86.1 Å². The number of carbonyl (C=O) groups excluding carboxylic acids is 1. The monoisotopic (exact) mass is 419 g/mol. The van der Waals surface area contributed by atoms with Crippen LogP contribution in [0.1, 0.15) is 79.7 Å². The Bertz CT molecular complexity index is 856. The van der Waals surface area contributed by atoms with Crippen LogP contribution in [-0.2, 0) is 21.5 Å². The van der Waals surface area contributed by atoms with E-state index >= 15 is 0 Å². The highest BCUT2D eigenvalue weighted by molar-refractivity contribution is 7.04. The second-order valence-corrected chi connectivity index (χ2v) is 11.2. The maximum Gasteiger partial charge on any atom is 0.253 e. The fraction of sp³-hybridized carbons (Fsp3) is 0.783. The highest BCUT2D eigenvalue weighted by atomic mass is 32.1. The van der Waals surface area contributed by atoms with Crippen LogP contribution in [0.2, 0.25) is 0 Å². The van der Waals surface area contributed by atoms with Crippen LogP contribution in [-0.4, -0.2) is 28.9 Å². The SMILES string of the molecule is CCCCc1cn(C(C)(C)C)s/c1=N\C(=O)[C@]1(C)CC[C@H](C2=NCCO2)C1(C)C. The summed E-state index contributed by atoms with van der Waals surface area (Å²) in [6, 6.07) is 0. The molecular weight excluding hydrogens is 382 g/mol. The Hall–Kier alpha value is -1.43. The minimum atomic E-state index is -0.509. The van der Waals surface area contributed by atoms with Gasteiger partial charge in [-0.05, 0) is 63.4 Å². The van der Waals surface area contributed by atoms with Gasteiger partial charge < -0.3 is 4.74 Å². The molecule has 0 saturated heterocycles. The van der Waals surface area contributed by atoms with Gasteiger partial charge in [-0.2, -0.15) is 0 Å². The van der Waals surface area contributed by atoms with Crippen LogP contribution in [0.25, 0.3) is 0 Å². The van der Waals surface area contributed by atoms with Crippen LogP contribution in [0, 0.1) is 16.7 Å². The summed E-state index contributed by atoms with van der Waals surface area (Å²) in [7, 11) is 0. The molecule has 0 unspecified atom stereocenters. The molecule has 0 radical (unpaired) electrons. The molecule has 1 amide bonds. The quantitative estimate of drug-likeness (QED) is 0.678. The van der Waals surface area contributed by atoms with Crippen molar-refractivity contribution in [1.29, 1.82) is 0 Å². The standard InChI is InChI=1S/C23H37N3O2S/c1-8-9-10-16-15-26(21(2,3)4)29-19(16)25-20(27)23(7)12-11-17(22(23,5)6)18-24-13-14-28-18/h15,17H,8-14H2,1-7H3/b25-19-/t17-,23+/m1/s1. The second kappa shape index (κ2) is 8.01. The van der Waals surface area contributed by atoms with Gasteiger partial charge in [0.2, 0.25) is 0 Å². The van der Waals surface area contributed by atoms with E-state index in [1.807, 2.05) is 0 Å². The van der Waals surface area contributed by atoms with Crippen LogP contribution >= 0.6 is 11.5 Å². The summed E-state index contributed by atoms with van der Waals surface area (Å²) in [5.74, 6) is 1.04. The molecule has 1 fully saturated rings. The Labute approximate surface area is 179 Å². The zero-order chi connectivity index (χ0) is 21.4. The molecule has 0 aromatic carbocycles. The van der Waals surface area contributed by atoms with Crippen molar-refractivity contribution >= 4 is 23.3 Å². The number of aromatic nitrogens is 1. The average Bonchev–Trinajstić information content (AvgIpc) is 3.33. The predicted octanol–water partition coefficient (Wildman–Crippen LogP) is 4.95. The van der Waals surface area contributed by atoms with Crippen molar-refractivity contribution in [3.05, 3.63) is 16.4 Å². The van der Waals surface area contributed by atoms with Gasteiger partial charge in [0.25, 0.3) is 5.91 Å². The van der Waals surface area contributed by atoms with Crippen LogP contribution < -0.4 is 4.67 Å². The van der Waals surface area contributed by atoms with E-state index in [4.69, 9.17) is 9.73 Å². The molecule has 0 bridgehead atoms. The van der Waals surface area contributed by atoms with Crippen molar-refractivity contribution < 1.29 is 9.53 Å². The highest BCUT2D eigenvalue weighted by Gasteiger charge is 2.58. The molecule has 1 aromatic heterocycles. The van der Waals surface area contributed by atoms with Gasteiger partial charge in [0.15, 0.2) is 5.90 Å². The van der Waals surface area contributed by atoms with Crippen molar-refractivity contribution in [3.63, 3.8) is 0 Å². The molecule has 2 heterocycles. The molecule has 3 rings (SSSR count). The van der Waals surface area contributed by atoms with E-state index in [9.17, 15) is 4.79 Å². The van der Waals surface area contributed by atoms with Gasteiger partial charge in [-0.25, -0.2) is 4.99 Å². The first kappa shape index (κ1) is 22.3. The molecule has 1 aromatic rings. The minimum Gasteiger partial charge on any atom is -0.479 e. The lowest BCUT2D eigenvalue weighted by atomic mass is 9.65. The molecule has 2 atom stereocenters. The summed E-state index contributed by atoms with van der Waals surface area (Å²) < 4.78 is 8.89. The Morgan fingerprint density at radius 2 is 2.10 bits per heavy atom. The predicted molar refractivity (Wildman–Crippen MR) is 119 cm³/mol. The molecule has 6 heteroatoms. The first-order chi connectivity index (χ1) is 13.5. The maximum atomic E-state index is 13.5. The summed E-state index contributed by atoms with van der Waals surface area (Å²) in [5, 5.41) is 0. The smallest absolute Gasteiger partial charge is 0.253 e. The largest absolute Gasteiger partial charge is 0.479 e. The number of hydrogen-bond donors (Lipinski definition) is 0. The maximum absolute atomic E-state index is 13.5. The summed E-state index contributed by atoms with van der Waals surface area (Å²) >= 11 is 1.61. The van der Waals surface area contributed by atoms with Gasteiger partial charge in [-0.1, -0.05) is 34.1 Å². The van der Waals surface area contributed by atoms with Gasteiger partial charge in [0.1, 0.15) is 11.3 Å². The summed E-state index contributed by atoms with van der Waals surface area (Å²) in [5.41, 5.74) is 0.434. The number of hydrogen-bond acceptors (Lipinski definition) is 4. The number of amides is 1. The average molecular weight is 420 g/mol. The van der Waals surface area contributed by atoms with Crippen LogP contribution in [0.3, 0.4) is 0 Å². The number of rotatable bonds is 5. The molecule has 2 aliphatic rings. The van der Waals surface area contributed by atoms with Crippen molar-refractivity contribution in [3.8, 4) is 0 Å². The van der Waals surface area contributed by atoms with E-state index in [-0.39, 0.29) is 22.8 Å². The molecule has 29 heavy (non-hydrogen) atoms. The van der Waals surface area contributed by atoms with Crippen LogP contribution in [0.15, 0.2) is 16.2 Å². The molecule has 1 saturated carbocycles. The number of carbonyl (C=O) groups is 1. The zero-order valence-electron chi connectivity index (χ0n) is 19.2. The third-order valence-electron chi connectivity index (χ3n) is 7.00. The lowest BCUT2D eigenvalue weighted by Crippen LogP contribution is -2.42. The van der Waals surface area contributed by atoms with E-state index in [2.05, 4.69) is 63.6 Å². The number of unbranched alkanes of at least 4 members (excludes halogenated alkanes) is 1. The fourth-order valence-corrected chi connectivity index (χ4v) is 5.47. The first-order valence-corrected chi connectivity index (χ1v) is 11.8. The highest BCUT2D eigenvalue weighted by Crippen LogP contribution is 2.57. The minimum absolute atomic E-state index is 0.00394. The number of nitrogens with zero attached hydrogens (tertiary/aromatic N) is 3.